The fourth-order valence-electron chi connectivity index (χ4n) is 2.89. The largest absolute Gasteiger partial charge is 0.479 e. The van der Waals surface area contributed by atoms with Crippen molar-refractivity contribution in [3.05, 3.63) is 70.8 Å². The van der Waals surface area contributed by atoms with E-state index in [0.29, 0.717) is 11.1 Å². The van der Waals surface area contributed by atoms with Gasteiger partial charge in [0.2, 0.25) is 0 Å². The molecule has 0 radical (unpaired) electrons. The Bertz CT molecular complexity index is 881. The number of hydrogen-bond acceptors (Lipinski definition) is 4. The van der Waals surface area contributed by atoms with Crippen molar-refractivity contribution in [2.24, 2.45) is 0 Å². The lowest BCUT2D eigenvalue weighted by atomic mass is 10.0. The third-order valence-corrected chi connectivity index (χ3v) is 4.24. The van der Waals surface area contributed by atoms with Crippen LogP contribution in [0.25, 0.3) is 0 Å². The average molecular weight is 423 g/mol. The topological polar surface area (TPSA) is 79.6 Å². The maximum absolute atomic E-state index is 13.0. The highest BCUT2D eigenvalue weighted by atomic mass is 19.4. The van der Waals surface area contributed by atoms with Crippen LogP contribution in [-0.4, -0.2) is 35.6 Å². The summed E-state index contributed by atoms with van der Waals surface area (Å²) in [6, 6.07) is 11.9. The zero-order valence-corrected chi connectivity index (χ0v) is 16.7. The van der Waals surface area contributed by atoms with Gasteiger partial charge in [-0.25, -0.2) is 4.79 Å². The van der Waals surface area contributed by atoms with E-state index >= 15 is 0 Å². The highest BCUT2D eigenvalue weighted by Gasteiger charge is 2.32. The van der Waals surface area contributed by atoms with Crippen molar-refractivity contribution in [2.75, 3.05) is 6.61 Å². The monoisotopic (exact) mass is 423 g/mol. The lowest BCUT2D eigenvalue weighted by Crippen LogP contribution is -2.29. The van der Waals surface area contributed by atoms with Crippen molar-refractivity contribution >= 4 is 11.7 Å². The first-order valence-corrected chi connectivity index (χ1v) is 9.35. The number of carbonyl (C=O) groups is 1. The van der Waals surface area contributed by atoms with Crippen LogP contribution in [0.1, 0.15) is 36.1 Å². The highest BCUT2D eigenvalue weighted by molar-refractivity contribution is 5.99. The van der Waals surface area contributed by atoms with E-state index in [2.05, 4.69) is 0 Å². The van der Waals surface area contributed by atoms with Gasteiger partial charge in [-0.3, -0.25) is 0 Å². The molecule has 0 bridgehead atoms. The van der Waals surface area contributed by atoms with Gasteiger partial charge in [-0.15, -0.1) is 0 Å². The standard InChI is InChI=1S/C22H24F3NO4/c1-14(2)30-20(21(27)28)11-15-6-5-8-16(10-15)19(26)13-29-12-17-7-3-4-9-18(17)22(23,24)25/h3-10,14,20,26H,11-13H2,1-2H3,(H,27,28). The van der Waals surface area contributed by atoms with Gasteiger partial charge < -0.3 is 20.0 Å². The van der Waals surface area contributed by atoms with Gasteiger partial charge in [-0.1, -0.05) is 36.4 Å². The molecule has 0 aromatic heterocycles. The van der Waals surface area contributed by atoms with E-state index in [1.807, 2.05) is 0 Å². The van der Waals surface area contributed by atoms with E-state index < -0.39 is 23.8 Å². The van der Waals surface area contributed by atoms with Gasteiger partial charge in [-0.05, 0) is 42.7 Å². The van der Waals surface area contributed by atoms with Crippen LogP contribution in [0.5, 0.6) is 0 Å². The van der Waals surface area contributed by atoms with Crippen LogP contribution in [0.4, 0.5) is 13.2 Å². The molecule has 0 fully saturated rings. The minimum atomic E-state index is -4.47. The number of aliphatic carboxylic acids is 1. The number of benzene rings is 2. The summed E-state index contributed by atoms with van der Waals surface area (Å²) in [5, 5.41) is 17.5. The molecular weight excluding hydrogens is 399 g/mol. The third kappa shape index (κ3) is 6.96. The molecule has 1 atom stereocenters. The lowest BCUT2D eigenvalue weighted by molar-refractivity contribution is -0.153. The highest BCUT2D eigenvalue weighted by Crippen LogP contribution is 2.32. The Hall–Kier alpha value is -2.71. The van der Waals surface area contributed by atoms with Gasteiger partial charge in [-0.2, -0.15) is 13.2 Å². The van der Waals surface area contributed by atoms with Crippen molar-refractivity contribution in [3.8, 4) is 0 Å². The van der Waals surface area contributed by atoms with Gasteiger partial charge in [0, 0.05) is 6.42 Å². The summed E-state index contributed by atoms with van der Waals surface area (Å²) < 4.78 is 49.8. The van der Waals surface area contributed by atoms with Gasteiger partial charge in [0.15, 0.2) is 6.10 Å². The first-order chi connectivity index (χ1) is 14.1. The van der Waals surface area contributed by atoms with Crippen molar-refractivity contribution in [2.45, 2.75) is 45.3 Å². The molecule has 30 heavy (non-hydrogen) atoms. The fraction of sp³-hybridized carbons (Fsp3) is 0.364. The number of halogens is 3. The molecule has 0 amide bonds. The predicted molar refractivity (Wildman–Crippen MR) is 106 cm³/mol. The SMILES string of the molecule is CC(C)OC(Cc1cccc(C(=N)COCc2ccccc2C(F)(F)F)c1)C(=O)O. The molecular formula is C22H24F3NO4. The first-order valence-electron chi connectivity index (χ1n) is 9.35. The molecule has 0 spiro atoms. The number of alkyl halides is 3. The fourth-order valence-corrected chi connectivity index (χ4v) is 2.89. The maximum atomic E-state index is 13.0. The molecule has 0 saturated carbocycles. The Morgan fingerprint density at radius 1 is 1.13 bits per heavy atom. The Balaban J connectivity index is 2.00. The molecule has 2 N–H and O–H groups in total. The summed E-state index contributed by atoms with van der Waals surface area (Å²) in [5.74, 6) is -1.07. The summed E-state index contributed by atoms with van der Waals surface area (Å²) in [5.41, 5.74) is 0.501. The van der Waals surface area contributed by atoms with E-state index in [4.69, 9.17) is 14.9 Å². The van der Waals surface area contributed by atoms with Gasteiger partial charge in [0.25, 0.3) is 0 Å². The second-order valence-corrected chi connectivity index (χ2v) is 7.04. The van der Waals surface area contributed by atoms with Crippen LogP contribution >= 0.6 is 0 Å². The van der Waals surface area contributed by atoms with Crippen molar-refractivity contribution < 1.29 is 32.5 Å². The number of ether oxygens (including phenoxy) is 2. The van der Waals surface area contributed by atoms with Crippen molar-refractivity contribution in [3.63, 3.8) is 0 Å². The molecule has 0 heterocycles. The zero-order valence-electron chi connectivity index (χ0n) is 16.7. The summed E-state index contributed by atoms with van der Waals surface area (Å²) >= 11 is 0. The van der Waals surface area contributed by atoms with Crippen molar-refractivity contribution in [1.29, 1.82) is 5.41 Å². The van der Waals surface area contributed by atoms with Gasteiger partial charge in [0.05, 0.1) is 30.6 Å². The summed E-state index contributed by atoms with van der Waals surface area (Å²) in [7, 11) is 0. The number of rotatable bonds is 10. The molecule has 2 aromatic carbocycles. The maximum Gasteiger partial charge on any atom is 0.416 e. The molecule has 5 nitrogen and oxygen atoms in total. The van der Waals surface area contributed by atoms with Crippen molar-refractivity contribution in [1.82, 2.24) is 0 Å². The number of carboxylic acid groups (broad SMARTS) is 1. The van der Waals surface area contributed by atoms with Crippen LogP contribution in [0.3, 0.4) is 0 Å². The molecule has 2 rings (SSSR count). The van der Waals surface area contributed by atoms with Gasteiger partial charge in [0.1, 0.15) is 0 Å². The van der Waals surface area contributed by atoms with Crippen LogP contribution in [0, 0.1) is 5.41 Å². The number of nitrogens with one attached hydrogen (secondary N) is 1. The molecule has 0 aliphatic carbocycles. The molecule has 0 aliphatic heterocycles. The first kappa shape index (κ1) is 23.6. The summed E-state index contributed by atoms with van der Waals surface area (Å²) in [6.07, 6.45) is -5.60. The second kappa shape index (κ2) is 10.4. The third-order valence-electron chi connectivity index (χ3n) is 4.24. The Labute approximate surface area is 173 Å². The van der Waals surface area contributed by atoms with Crippen LogP contribution in [0.15, 0.2) is 48.5 Å². The molecule has 0 aliphatic rings. The minimum Gasteiger partial charge on any atom is -0.479 e. The van der Waals surface area contributed by atoms with E-state index in [1.165, 1.54) is 18.2 Å². The number of carboxylic acids is 1. The molecule has 162 valence electrons. The second-order valence-electron chi connectivity index (χ2n) is 7.04. The van der Waals surface area contributed by atoms with Crippen LogP contribution in [0.2, 0.25) is 0 Å². The smallest absolute Gasteiger partial charge is 0.416 e. The zero-order chi connectivity index (χ0) is 22.3. The van der Waals surface area contributed by atoms with E-state index in [-0.39, 0.29) is 37.0 Å². The molecule has 1 unspecified atom stereocenters. The van der Waals surface area contributed by atoms with E-state index in [0.717, 1.165) is 6.07 Å². The number of hydrogen-bond donors (Lipinski definition) is 2. The van der Waals surface area contributed by atoms with Gasteiger partial charge >= 0.3 is 12.1 Å². The normalized spacial score (nSPS) is 12.7. The molecule has 2 aromatic rings. The minimum absolute atomic E-state index is 0.00156. The quantitative estimate of drug-likeness (QED) is 0.543. The van der Waals surface area contributed by atoms with Crippen LogP contribution < -0.4 is 0 Å². The molecule has 0 saturated heterocycles. The predicted octanol–water partition coefficient (Wildman–Crippen LogP) is 4.71. The van der Waals surface area contributed by atoms with E-state index in [9.17, 15) is 23.1 Å². The average Bonchev–Trinajstić information content (AvgIpc) is 2.67. The lowest BCUT2D eigenvalue weighted by Gasteiger charge is -2.17. The Kier molecular flexibility index (Phi) is 8.14. The van der Waals surface area contributed by atoms with E-state index in [1.54, 1.807) is 38.1 Å². The summed E-state index contributed by atoms with van der Waals surface area (Å²) in [6.45, 7) is 3.04. The van der Waals surface area contributed by atoms with Crippen LogP contribution in [-0.2, 0) is 33.5 Å². The molecule has 8 heteroatoms. The Morgan fingerprint density at radius 3 is 2.47 bits per heavy atom. The summed E-state index contributed by atoms with van der Waals surface area (Å²) in [4.78, 5) is 11.4. The Morgan fingerprint density at radius 2 is 1.83 bits per heavy atom.